The first-order valence-corrected chi connectivity index (χ1v) is 11.0. The molecule has 0 aliphatic heterocycles. The molecular formula is C18H13N5O5S2. The van der Waals surface area contributed by atoms with Crippen LogP contribution in [0.3, 0.4) is 0 Å². The van der Waals surface area contributed by atoms with E-state index in [0.717, 1.165) is 23.9 Å². The molecule has 0 saturated heterocycles. The minimum absolute atomic E-state index is 0.0670. The lowest BCUT2D eigenvalue weighted by Crippen LogP contribution is -2.10. The first-order chi connectivity index (χ1) is 14.2. The predicted molar refractivity (Wildman–Crippen MR) is 113 cm³/mol. The highest BCUT2D eigenvalue weighted by molar-refractivity contribution is 7.92. The van der Waals surface area contributed by atoms with E-state index in [9.17, 15) is 23.4 Å². The van der Waals surface area contributed by atoms with E-state index in [1.54, 1.807) is 18.3 Å². The maximum absolute atomic E-state index is 11.8. The Bertz CT molecular complexity index is 1450. The van der Waals surface area contributed by atoms with Crippen molar-refractivity contribution < 1.29 is 23.4 Å². The number of phenols is 1. The molecule has 0 amide bonds. The summed E-state index contributed by atoms with van der Waals surface area (Å²) >= 11 is 1.07. The van der Waals surface area contributed by atoms with Gasteiger partial charge in [0, 0.05) is 17.0 Å². The van der Waals surface area contributed by atoms with Gasteiger partial charge in [0.05, 0.1) is 23.0 Å². The molecule has 0 unspecified atom stereocenters. The van der Waals surface area contributed by atoms with Crippen molar-refractivity contribution in [2.24, 2.45) is 10.2 Å². The summed E-state index contributed by atoms with van der Waals surface area (Å²) in [6.45, 7) is 0. The molecule has 0 aliphatic carbocycles. The fourth-order valence-corrected chi connectivity index (χ4v) is 4.14. The van der Waals surface area contributed by atoms with Gasteiger partial charge >= 0.3 is 5.97 Å². The van der Waals surface area contributed by atoms with E-state index in [2.05, 4.69) is 24.3 Å². The summed E-state index contributed by atoms with van der Waals surface area (Å²) in [6, 6.07) is 9.07. The Kier molecular flexibility index (Phi) is 4.79. The van der Waals surface area contributed by atoms with E-state index in [4.69, 9.17) is 0 Å². The highest BCUT2D eigenvalue weighted by Gasteiger charge is 2.20. The number of aromatic nitrogens is 2. The van der Waals surface area contributed by atoms with Crippen LogP contribution in [0.5, 0.6) is 5.75 Å². The summed E-state index contributed by atoms with van der Waals surface area (Å²) in [7, 11) is -3.65. The van der Waals surface area contributed by atoms with Gasteiger partial charge in [0.15, 0.2) is 10.6 Å². The molecule has 3 N–H and O–H groups in total. The third kappa shape index (κ3) is 3.65. The summed E-state index contributed by atoms with van der Waals surface area (Å²) in [5.41, 5.74) is 0.311. The zero-order valence-electron chi connectivity index (χ0n) is 15.3. The second kappa shape index (κ2) is 7.31. The smallest absolute Gasteiger partial charge is 0.339 e. The number of fused-ring (bicyclic) bond motifs is 2. The molecule has 0 aliphatic rings. The molecule has 4 aromatic rings. The lowest BCUT2D eigenvalue weighted by Gasteiger charge is -2.12. The predicted octanol–water partition coefficient (Wildman–Crippen LogP) is 4.04. The quantitative estimate of drug-likeness (QED) is 0.393. The zero-order valence-corrected chi connectivity index (χ0v) is 16.9. The molecule has 0 spiro atoms. The van der Waals surface area contributed by atoms with Crippen LogP contribution >= 0.6 is 11.5 Å². The molecule has 0 bridgehead atoms. The van der Waals surface area contributed by atoms with Crippen LogP contribution in [0.4, 0.5) is 16.4 Å². The van der Waals surface area contributed by atoms with Crippen LogP contribution in [0.15, 0.2) is 52.8 Å². The van der Waals surface area contributed by atoms with E-state index in [1.807, 2.05) is 0 Å². The molecule has 0 atom stereocenters. The van der Waals surface area contributed by atoms with Crippen LogP contribution in [0.2, 0.25) is 0 Å². The third-order valence-corrected chi connectivity index (χ3v) is 5.45. The van der Waals surface area contributed by atoms with Crippen molar-refractivity contribution in [1.29, 1.82) is 0 Å². The number of hydrogen-bond donors (Lipinski definition) is 3. The van der Waals surface area contributed by atoms with Gasteiger partial charge in [-0.25, -0.2) is 18.2 Å². The number of azo groups is 1. The topological polar surface area (TPSA) is 154 Å². The molecular weight excluding hydrogens is 430 g/mol. The molecule has 30 heavy (non-hydrogen) atoms. The van der Waals surface area contributed by atoms with Gasteiger partial charge in [-0.15, -0.1) is 10.2 Å². The third-order valence-electron chi connectivity index (χ3n) is 4.12. The summed E-state index contributed by atoms with van der Waals surface area (Å²) in [5.74, 6) is -1.86. The highest BCUT2D eigenvalue weighted by atomic mass is 32.2. The van der Waals surface area contributed by atoms with Gasteiger partial charge in [-0.3, -0.25) is 4.72 Å². The average Bonchev–Trinajstić information content (AvgIpc) is 3.09. The number of rotatable bonds is 5. The van der Waals surface area contributed by atoms with Crippen LogP contribution in [0.1, 0.15) is 10.4 Å². The van der Waals surface area contributed by atoms with E-state index < -0.39 is 21.7 Å². The number of carboxylic acids is 1. The molecule has 4 rings (SSSR count). The summed E-state index contributed by atoms with van der Waals surface area (Å²) < 4.78 is 30.1. The largest absolute Gasteiger partial charge is 0.506 e. The Labute approximate surface area is 173 Å². The SMILES string of the molecule is CS(=O)(=O)Nc1cccc2c(O)c(C(=O)O)cc(N=Nc3snc4ncccc34)c12. The fourth-order valence-electron chi connectivity index (χ4n) is 2.92. The van der Waals surface area contributed by atoms with Gasteiger partial charge in [0.25, 0.3) is 0 Å². The van der Waals surface area contributed by atoms with Crippen molar-refractivity contribution in [3.63, 3.8) is 0 Å². The zero-order chi connectivity index (χ0) is 21.5. The van der Waals surface area contributed by atoms with Gasteiger partial charge in [-0.05, 0) is 35.8 Å². The van der Waals surface area contributed by atoms with Gasteiger partial charge < -0.3 is 10.2 Å². The van der Waals surface area contributed by atoms with Crippen LogP contribution in [0, 0.1) is 0 Å². The fraction of sp³-hybridized carbons (Fsp3) is 0.0556. The lowest BCUT2D eigenvalue weighted by atomic mass is 10.0. The number of carboxylic acid groups (broad SMARTS) is 1. The minimum Gasteiger partial charge on any atom is -0.506 e. The van der Waals surface area contributed by atoms with Gasteiger partial charge in [0.1, 0.15) is 11.3 Å². The maximum atomic E-state index is 11.8. The standard InChI is InChI=1S/C18H13N5O5S2/c1-30(27,28)23-12-6-2-4-9-14(12)13(8-11(15(9)24)18(25)26)20-21-17-10-5-3-7-19-16(10)22-29-17/h2-8,23-24H,1H3,(H,25,26). The average molecular weight is 443 g/mol. The first kappa shape index (κ1) is 19.7. The van der Waals surface area contributed by atoms with Gasteiger partial charge in [-0.1, -0.05) is 12.1 Å². The van der Waals surface area contributed by atoms with E-state index in [-0.39, 0.29) is 27.7 Å². The van der Waals surface area contributed by atoms with Crippen LogP contribution < -0.4 is 4.72 Å². The number of aromatic hydroxyl groups is 1. The number of aromatic carboxylic acids is 1. The minimum atomic E-state index is -3.65. The van der Waals surface area contributed by atoms with E-state index >= 15 is 0 Å². The van der Waals surface area contributed by atoms with Crippen LogP contribution in [-0.4, -0.2) is 40.2 Å². The number of sulfonamides is 1. The monoisotopic (exact) mass is 443 g/mol. The number of anilines is 1. The summed E-state index contributed by atoms with van der Waals surface area (Å²) in [5, 5.41) is 29.6. The Morgan fingerprint density at radius 2 is 1.93 bits per heavy atom. The Balaban J connectivity index is 1.96. The molecule has 152 valence electrons. The van der Waals surface area contributed by atoms with Crippen molar-refractivity contribution in [3.05, 3.63) is 48.2 Å². The second-order valence-corrected chi connectivity index (χ2v) is 8.76. The van der Waals surface area contributed by atoms with Crippen molar-refractivity contribution in [1.82, 2.24) is 9.36 Å². The van der Waals surface area contributed by atoms with Gasteiger partial charge in [0.2, 0.25) is 10.0 Å². The first-order valence-electron chi connectivity index (χ1n) is 8.36. The van der Waals surface area contributed by atoms with Crippen molar-refractivity contribution >= 4 is 65.7 Å². The van der Waals surface area contributed by atoms with Crippen molar-refractivity contribution in [2.75, 3.05) is 11.0 Å². The number of pyridine rings is 1. The molecule has 2 aromatic heterocycles. The van der Waals surface area contributed by atoms with E-state index in [0.29, 0.717) is 16.0 Å². The van der Waals surface area contributed by atoms with Gasteiger partial charge in [-0.2, -0.15) is 4.37 Å². The Hall–Kier alpha value is -3.64. The molecule has 2 heterocycles. The molecule has 10 nitrogen and oxygen atoms in total. The number of benzene rings is 2. The van der Waals surface area contributed by atoms with Crippen molar-refractivity contribution in [3.8, 4) is 5.75 Å². The number of nitrogens with zero attached hydrogens (tertiary/aromatic N) is 4. The molecule has 0 radical (unpaired) electrons. The molecule has 0 saturated carbocycles. The van der Waals surface area contributed by atoms with E-state index in [1.165, 1.54) is 18.2 Å². The maximum Gasteiger partial charge on any atom is 0.339 e. The number of hydrogen-bond acceptors (Lipinski definition) is 9. The summed E-state index contributed by atoms with van der Waals surface area (Å²) in [6.07, 6.45) is 2.58. The van der Waals surface area contributed by atoms with Crippen LogP contribution in [0.25, 0.3) is 21.8 Å². The Morgan fingerprint density at radius 3 is 2.67 bits per heavy atom. The number of carbonyl (C=O) groups is 1. The van der Waals surface area contributed by atoms with Crippen molar-refractivity contribution in [2.45, 2.75) is 0 Å². The normalized spacial score (nSPS) is 12.0. The lowest BCUT2D eigenvalue weighted by molar-refractivity contribution is 0.0694. The highest BCUT2D eigenvalue weighted by Crippen LogP contribution is 2.41. The summed E-state index contributed by atoms with van der Waals surface area (Å²) in [4.78, 5) is 15.7. The Morgan fingerprint density at radius 1 is 1.17 bits per heavy atom. The van der Waals surface area contributed by atoms with Crippen LogP contribution in [-0.2, 0) is 10.0 Å². The molecule has 2 aromatic carbocycles. The molecule has 0 fully saturated rings. The number of nitrogens with one attached hydrogen (secondary N) is 1. The second-order valence-electron chi connectivity index (χ2n) is 6.26. The molecule has 12 heteroatoms.